The van der Waals surface area contributed by atoms with Gasteiger partial charge in [0, 0.05) is 0 Å². The van der Waals surface area contributed by atoms with Crippen molar-refractivity contribution in [2.24, 2.45) is 0 Å². The Morgan fingerprint density at radius 2 is 1.74 bits per heavy atom. The smallest absolute Gasteiger partial charge is 0.169 e. The Bertz CT molecular complexity index is 581. The predicted molar refractivity (Wildman–Crippen MR) is 69.5 cm³/mol. The topological polar surface area (TPSA) is 35.5 Å². The lowest BCUT2D eigenvalue weighted by atomic mass is 10.2. The minimum Gasteiger partial charge on any atom is -0.490 e. The van der Waals surface area contributed by atoms with E-state index in [1.807, 2.05) is 13.0 Å². The van der Waals surface area contributed by atoms with Crippen LogP contribution in [0.3, 0.4) is 0 Å². The Labute approximate surface area is 110 Å². The quantitative estimate of drug-likeness (QED) is 0.766. The molecule has 2 aromatic carbocycles. The van der Waals surface area contributed by atoms with Crippen LogP contribution in [0.2, 0.25) is 0 Å². The largest absolute Gasteiger partial charge is 0.490 e. The zero-order chi connectivity index (χ0) is 13.7. The molecule has 0 atom stereocenters. The van der Waals surface area contributed by atoms with Crippen molar-refractivity contribution in [3.05, 3.63) is 53.8 Å². The highest BCUT2D eigenvalue weighted by atomic mass is 19.1. The van der Waals surface area contributed by atoms with Crippen molar-refractivity contribution < 1.29 is 18.7 Å². The van der Waals surface area contributed by atoms with Crippen LogP contribution in [-0.4, -0.2) is 12.9 Å². The standard InChI is InChI=1S/C15H13FO3/c1-2-18-14-7-3-4-8-15(14)19-13-9-5-6-12(16)11(13)10-17/h3-10H,2H2,1H3. The second-order valence-electron chi connectivity index (χ2n) is 3.75. The summed E-state index contributed by atoms with van der Waals surface area (Å²) in [6.07, 6.45) is 0.438. The van der Waals surface area contributed by atoms with E-state index in [-0.39, 0.29) is 11.3 Å². The Morgan fingerprint density at radius 1 is 1.05 bits per heavy atom. The first kappa shape index (κ1) is 13.1. The van der Waals surface area contributed by atoms with Gasteiger partial charge in [-0.3, -0.25) is 4.79 Å². The average molecular weight is 260 g/mol. The molecule has 0 saturated carbocycles. The van der Waals surface area contributed by atoms with Crippen LogP contribution in [0.15, 0.2) is 42.5 Å². The lowest BCUT2D eigenvalue weighted by Crippen LogP contribution is -1.97. The maximum Gasteiger partial charge on any atom is 0.169 e. The van der Waals surface area contributed by atoms with E-state index in [0.717, 1.165) is 0 Å². The zero-order valence-electron chi connectivity index (χ0n) is 10.4. The molecule has 0 heterocycles. The van der Waals surface area contributed by atoms with E-state index in [1.54, 1.807) is 18.2 Å². The van der Waals surface area contributed by atoms with Crippen molar-refractivity contribution in [1.29, 1.82) is 0 Å². The number of hydrogen-bond donors (Lipinski definition) is 0. The SMILES string of the molecule is CCOc1ccccc1Oc1cccc(F)c1C=O. The summed E-state index contributed by atoms with van der Waals surface area (Å²) in [6.45, 7) is 2.35. The van der Waals surface area contributed by atoms with E-state index in [2.05, 4.69) is 0 Å². The molecule has 98 valence electrons. The molecule has 0 N–H and O–H groups in total. The van der Waals surface area contributed by atoms with Gasteiger partial charge in [0.2, 0.25) is 0 Å². The van der Waals surface area contributed by atoms with Crippen LogP contribution in [0.5, 0.6) is 17.2 Å². The highest BCUT2D eigenvalue weighted by molar-refractivity contribution is 5.80. The van der Waals surface area contributed by atoms with Gasteiger partial charge in [0.25, 0.3) is 0 Å². The van der Waals surface area contributed by atoms with E-state index in [1.165, 1.54) is 18.2 Å². The molecule has 0 aliphatic carbocycles. The Balaban J connectivity index is 2.36. The van der Waals surface area contributed by atoms with Gasteiger partial charge in [-0.1, -0.05) is 18.2 Å². The summed E-state index contributed by atoms with van der Waals surface area (Å²) in [5, 5.41) is 0. The highest BCUT2D eigenvalue weighted by Crippen LogP contribution is 2.33. The summed E-state index contributed by atoms with van der Waals surface area (Å²) >= 11 is 0. The van der Waals surface area contributed by atoms with E-state index < -0.39 is 5.82 Å². The number of carbonyl (C=O) groups excluding carboxylic acids is 1. The monoisotopic (exact) mass is 260 g/mol. The second-order valence-corrected chi connectivity index (χ2v) is 3.75. The summed E-state index contributed by atoms with van der Waals surface area (Å²) in [5.74, 6) is 0.549. The van der Waals surface area contributed by atoms with Gasteiger partial charge in [0.15, 0.2) is 17.8 Å². The van der Waals surface area contributed by atoms with Crippen LogP contribution >= 0.6 is 0 Å². The van der Waals surface area contributed by atoms with Gasteiger partial charge < -0.3 is 9.47 Å². The molecule has 0 fully saturated rings. The maximum absolute atomic E-state index is 13.5. The lowest BCUT2D eigenvalue weighted by Gasteiger charge is -2.12. The number of halogens is 1. The average Bonchev–Trinajstić information content (AvgIpc) is 2.41. The fourth-order valence-corrected chi connectivity index (χ4v) is 1.65. The molecule has 0 saturated heterocycles. The van der Waals surface area contributed by atoms with Crippen molar-refractivity contribution in [3.63, 3.8) is 0 Å². The maximum atomic E-state index is 13.5. The molecule has 0 aromatic heterocycles. The lowest BCUT2D eigenvalue weighted by molar-refractivity contribution is 0.111. The van der Waals surface area contributed by atoms with Gasteiger partial charge in [-0.15, -0.1) is 0 Å². The first-order valence-corrected chi connectivity index (χ1v) is 5.89. The summed E-state index contributed by atoms with van der Waals surface area (Å²) in [7, 11) is 0. The molecule has 0 spiro atoms. The van der Waals surface area contributed by atoms with Gasteiger partial charge in [-0.05, 0) is 31.2 Å². The summed E-state index contributed by atoms with van der Waals surface area (Å²) < 4.78 is 24.4. The molecule has 2 aromatic rings. The Morgan fingerprint density at radius 3 is 2.42 bits per heavy atom. The van der Waals surface area contributed by atoms with Gasteiger partial charge in [-0.25, -0.2) is 4.39 Å². The van der Waals surface area contributed by atoms with Crippen molar-refractivity contribution in [1.82, 2.24) is 0 Å². The number of hydrogen-bond acceptors (Lipinski definition) is 3. The molecule has 19 heavy (non-hydrogen) atoms. The zero-order valence-corrected chi connectivity index (χ0v) is 10.4. The first-order chi connectivity index (χ1) is 9.26. The Hall–Kier alpha value is -2.36. The molecule has 0 unspecified atom stereocenters. The summed E-state index contributed by atoms with van der Waals surface area (Å²) in [6, 6.07) is 11.3. The number of benzene rings is 2. The molecule has 2 rings (SSSR count). The predicted octanol–water partition coefficient (Wildman–Crippen LogP) is 3.83. The molecular weight excluding hydrogens is 247 g/mol. The van der Waals surface area contributed by atoms with E-state index >= 15 is 0 Å². The second kappa shape index (κ2) is 6.00. The fraction of sp³-hybridized carbons (Fsp3) is 0.133. The molecule has 0 aliphatic heterocycles. The number of carbonyl (C=O) groups is 1. The Kier molecular flexibility index (Phi) is 4.13. The van der Waals surface area contributed by atoms with Crippen LogP contribution in [0.1, 0.15) is 17.3 Å². The summed E-state index contributed by atoms with van der Waals surface area (Å²) in [4.78, 5) is 10.9. The van der Waals surface area contributed by atoms with Crippen LogP contribution in [0.25, 0.3) is 0 Å². The number of ether oxygens (including phenoxy) is 2. The minimum absolute atomic E-state index is 0.103. The molecule has 0 amide bonds. The fourth-order valence-electron chi connectivity index (χ4n) is 1.65. The number of rotatable bonds is 5. The van der Waals surface area contributed by atoms with Crippen molar-refractivity contribution in [3.8, 4) is 17.2 Å². The number of aldehydes is 1. The van der Waals surface area contributed by atoms with Crippen molar-refractivity contribution in [2.75, 3.05) is 6.61 Å². The van der Waals surface area contributed by atoms with Crippen LogP contribution in [0.4, 0.5) is 4.39 Å². The van der Waals surface area contributed by atoms with Crippen LogP contribution < -0.4 is 9.47 Å². The molecule has 0 bridgehead atoms. The first-order valence-electron chi connectivity index (χ1n) is 5.89. The number of para-hydroxylation sites is 2. The van der Waals surface area contributed by atoms with E-state index in [4.69, 9.17) is 9.47 Å². The third-order valence-corrected chi connectivity index (χ3v) is 2.50. The van der Waals surface area contributed by atoms with E-state index in [0.29, 0.717) is 24.4 Å². The van der Waals surface area contributed by atoms with Gasteiger partial charge in [0.1, 0.15) is 11.6 Å². The van der Waals surface area contributed by atoms with Crippen molar-refractivity contribution in [2.45, 2.75) is 6.92 Å². The highest BCUT2D eigenvalue weighted by Gasteiger charge is 2.11. The van der Waals surface area contributed by atoms with Gasteiger partial charge >= 0.3 is 0 Å². The van der Waals surface area contributed by atoms with Crippen LogP contribution in [0, 0.1) is 5.82 Å². The van der Waals surface area contributed by atoms with E-state index in [9.17, 15) is 9.18 Å². The molecular formula is C15H13FO3. The van der Waals surface area contributed by atoms with Crippen LogP contribution in [-0.2, 0) is 0 Å². The minimum atomic E-state index is -0.610. The summed E-state index contributed by atoms with van der Waals surface area (Å²) in [5.41, 5.74) is -0.103. The van der Waals surface area contributed by atoms with Crippen molar-refractivity contribution >= 4 is 6.29 Å². The molecule has 3 nitrogen and oxygen atoms in total. The normalized spacial score (nSPS) is 10.0. The molecule has 0 aliphatic rings. The van der Waals surface area contributed by atoms with Gasteiger partial charge in [-0.2, -0.15) is 0 Å². The third-order valence-electron chi connectivity index (χ3n) is 2.50. The molecule has 4 heteroatoms. The molecule has 0 radical (unpaired) electrons. The third kappa shape index (κ3) is 2.91. The van der Waals surface area contributed by atoms with Gasteiger partial charge in [0.05, 0.1) is 12.2 Å².